The van der Waals surface area contributed by atoms with Crippen LogP contribution in [0.2, 0.25) is 0 Å². The van der Waals surface area contributed by atoms with Crippen LogP contribution in [0.25, 0.3) is 0 Å². The molecule has 0 amide bonds. The Morgan fingerprint density at radius 2 is 2.23 bits per heavy atom. The van der Waals surface area contributed by atoms with Crippen molar-refractivity contribution in [1.82, 2.24) is 0 Å². The van der Waals surface area contributed by atoms with Gasteiger partial charge in [-0.25, -0.2) is 4.39 Å². The van der Waals surface area contributed by atoms with Crippen molar-refractivity contribution in [2.45, 2.75) is 4.90 Å². The van der Waals surface area contributed by atoms with E-state index in [1.165, 1.54) is 6.07 Å². The molecule has 3 nitrogen and oxygen atoms in total. The van der Waals surface area contributed by atoms with E-state index in [0.29, 0.717) is 0 Å². The number of nitrogens with two attached hydrogens (primary N) is 1. The molecule has 0 saturated heterocycles. The molecule has 13 heavy (non-hydrogen) atoms. The van der Waals surface area contributed by atoms with Gasteiger partial charge in [-0.15, -0.1) is 0 Å². The summed E-state index contributed by atoms with van der Waals surface area (Å²) in [7, 11) is -1.49. The topological polar surface area (TPSA) is 66.9 Å². The number of halogens is 1. The molecule has 0 aliphatic heterocycles. The zero-order valence-electron chi connectivity index (χ0n) is 6.66. The molecule has 0 aliphatic rings. The average molecular weight is 198 g/mol. The van der Waals surface area contributed by atoms with Crippen molar-refractivity contribution >= 4 is 16.5 Å². The highest BCUT2D eigenvalue weighted by molar-refractivity contribution is 7.85. The number of benzene rings is 1. The molecule has 0 heterocycles. The van der Waals surface area contributed by atoms with Crippen LogP contribution >= 0.6 is 0 Å². The second-order valence-electron chi connectivity index (χ2n) is 2.37. The maximum Gasteiger partial charge on any atom is 0.126 e. The fraction of sp³-hybridized carbons (Fsp3) is 0.125. The molecular weight excluding hydrogens is 191 g/mol. The predicted octanol–water partition coefficient (Wildman–Crippen LogP) is 1.04. The summed E-state index contributed by atoms with van der Waals surface area (Å²) in [5, 5.41) is 8.27. The quantitative estimate of drug-likeness (QED) is 0.722. The Hall–Kier alpha value is -1.41. The SMILES string of the molecule is N#CCS(=O)c1cc(N)cc(F)c1. The van der Waals surface area contributed by atoms with Crippen LogP contribution in [0.1, 0.15) is 0 Å². The lowest BCUT2D eigenvalue weighted by Gasteiger charge is -1.99. The lowest BCUT2D eigenvalue weighted by atomic mass is 10.3. The number of anilines is 1. The molecule has 68 valence electrons. The van der Waals surface area contributed by atoms with Gasteiger partial charge >= 0.3 is 0 Å². The molecule has 0 radical (unpaired) electrons. The van der Waals surface area contributed by atoms with E-state index < -0.39 is 16.6 Å². The molecule has 1 rings (SSSR count). The van der Waals surface area contributed by atoms with Gasteiger partial charge in [0.25, 0.3) is 0 Å². The summed E-state index contributed by atoms with van der Waals surface area (Å²) in [6.45, 7) is 0. The Bertz CT molecular complexity index is 366. The first-order valence-electron chi connectivity index (χ1n) is 3.45. The molecule has 1 atom stereocenters. The van der Waals surface area contributed by atoms with Crippen molar-refractivity contribution in [3.8, 4) is 6.07 Å². The highest BCUT2D eigenvalue weighted by atomic mass is 32.2. The third-order valence-corrected chi connectivity index (χ3v) is 2.50. The molecule has 0 spiro atoms. The molecule has 0 aromatic heterocycles. The zero-order valence-corrected chi connectivity index (χ0v) is 7.47. The lowest BCUT2D eigenvalue weighted by Crippen LogP contribution is -1.98. The van der Waals surface area contributed by atoms with E-state index in [-0.39, 0.29) is 16.3 Å². The van der Waals surface area contributed by atoms with Gasteiger partial charge in [0.1, 0.15) is 11.6 Å². The van der Waals surface area contributed by atoms with Gasteiger partial charge in [0.05, 0.1) is 16.9 Å². The van der Waals surface area contributed by atoms with Gasteiger partial charge in [0.2, 0.25) is 0 Å². The first-order valence-corrected chi connectivity index (χ1v) is 4.77. The maximum atomic E-state index is 12.7. The fourth-order valence-corrected chi connectivity index (χ4v) is 1.65. The van der Waals surface area contributed by atoms with Gasteiger partial charge in [-0.05, 0) is 18.2 Å². The Kier molecular flexibility index (Phi) is 2.98. The van der Waals surface area contributed by atoms with E-state index in [9.17, 15) is 8.60 Å². The molecule has 0 saturated carbocycles. The highest BCUT2D eigenvalue weighted by Crippen LogP contribution is 2.14. The molecule has 0 bridgehead atoms. The van der Waals surface area contributed by atoms with Crippen molar-refractivity contribution in [2.75, 3.05) is 11.5 Å². The Morgan fingerprint density at radius 3 is 2.77 bits per heavy atom. The van der Waals surface area contributed by atoms with Gasteiger partial charge in [-0.2, -0.15) is 5.26 Å². The first-order chi connectivity index (χ1) is 6.13. The van der Waals surface area contributed by atoms with E-state index in [1.54, 1.807) is 6.07 Å². The normalized spacial score (nSPS) is 12.0. The number of nitrogen functional groups attached to an aromatic ring is 1. The fourth-order valence-electron chi connectivity index (χ4n) is 0.858. The van der Waals surface area contributed by atoms with Crippen LogP contribution in [0.4, 0.5) is 10.1 Å². The summed E-state index contributed by atoms with van der Waals surface area (Å²) in [5.74, 6) is -0.690. The van der Waals surface area contributed by atoms with Crippen molar-refractivity contribution < 1.29 is 8.60 Å². The zero-order chi connectivity index (χ0) is 9.84. The van der Waals surface area contributed by atoms with Crippen molar-refractivity contribution in [3.63, 3.8) is 0 Å². The standard InChI is InChI=1S/C8H7FN2OS/c9-6-3-7(11)5-8(4-6)13(12)2-1-10/h3-5H,2,11H2. The van der Waals surface area contributed by atoms with Crippen LogP contribution in [0.3, 0.4) is 0 Å². The molecule has 5 heteroatoms. The van der Waals surface area contributed by atoms with E-state index >= 15 is 0 Å². The number of hydrogen-bond acceptors (Lipinski definition) is 3. The molecular formula is C8H7FN2OS. The van der Waals surface area contributed by atoms with Crippen LogP contribution in [0.5, 0.6) is 0 Å². The van der Waals surface area contributed by atoms with Crippen LogP contribution in [-0.4, -0.2) is 9.96 Å². The third kappa shape index (κ3) is 2.53. The van der Waals surface area contributed by atoms with Gasteiger partial charge in [0, 0.05) is 10.6 Å². The largest absolute Gasteiger partial charge is 0.399 e. The Morgan fingerprint density at radius 1 is 1.54 bits per heavy atom. The van der Waals surface area contributed by atoms with Crippen molar-refractivity contribution in [1.29, 1.82) is 5.26 Å². The number of rotatable bonds is 2. The Labute approximate surface area is 77.4 Å². The number of nitriles is 1. The summed E-state index contributed by atoms with van der Waals surface area (Å²) in [6.07, 6.45) is 0. The van der Waals surface area contributed by atoms with Crippen LogP contribution in [0, 0.1) is 17.1 Å². The van der Waals surface area contributed by atoms with Crippen LogP contribution in [0.15, 0.2) is 23.1 Å². The molecule has 0 fully saturated rings. The molecule has 1 unspecified atom stereocenters. The van der Waals surface area contributed by atoms with Gasteiger partial charge in [0.15, 0.2) is 0 Å². The van der Waals surface area contributed by atoms with Crippen molar-refractivity contribution in [3.05, 3.63) is 24.0 Å². The minimum absolute atomic E-state index is 0.150. The Balaban J connectivity index is 3.02. The van der Waals surface area contributed by atoms with Gasteiger partial charge in [-0.1, -0.05) is 0 Å². The summed E-state index contributed by atoms with van der Waals surface area (Å²) in [6, 6.07) is 5.39. The summed E-state index contributed by atoms with van der Waals surface area (Å²) in [4.78, 5) is 0.249. The minimum Gasteiger partial charge on any atom is -0.399 e. The smallest absolute Gasteiger partial charge is 0.126 e. The predicted molar refractivity (Wildman–Crippen MR) is 47.7 cm³/mol. The lowest BCUT2D eigenvalue weighted by molar-refractivity contribution is 0.623. The van der Waals surface area contributed by atoms with Crippen LogP contribution < -0.4 is 5.73 Å². The molecule has 1 aromatic rings. The number of nitrogens with zero attached hydrogens (tertiary/aromatic N) is 1. The summed E-state index contributed by atoms with van der Waals surface area (Å²) >= 11 is 0. The molecule has 2 N–H and O–H groups in total. The molecule has 1 aromatic carbocycles. The maximum absolute atomic E-state index is 12.7. The second-order valence-corrected chi connectivity index (χ2v) is 3.82. The van der Waals surface area contributed by atoms with Crippen molar-refractivity contribution in [2.24, 2.45) is 0 Å². The first kappa shape index (κ1) is 9.68. The molecule has 0 aliphatic carbocycles. The second kappa shape index (κ2) is 4.01. The number of hydrogen-bond donors (Lipinski definition) is 1. The van der Waals surface area contributed by atoms with Gasteiger partial charge < -0.3 is 5.73 Å². The van der Waals surface area contributed by atoms with E-state index in [0.717, 1.165) is 12.1 Å². The van der Waals surface area contributed by atoms with Crippen LogP contribution in [-0.2, 0) is 10.8 Å². The summed E-state index contributed by atoms with van der Waals surface area (Å²) in [5.41, 5.74) is 5.55. The summed E-state index contributed by atoms with van der Waals surface area (Å²) < 4.78 is 23.9. The minimum atomic E-state index is -1.49. The average Bonchev–Trinajstić information content (AvgIpc) is 2.03. The van der Waals surface area contributed by atoms with E-state index in [2.05, 4.69) is 0 Å². The van der Waals surface area contributed by atoms with E-state index in [4.69, 9.17) is 11.0 Å². The van der Waals surface area contributed by atoms with Gasteiger partial charge in [-0.3, -0.25) is 4.21 Å². The third-order valence-electron chi connectivity index (χ3n) is 1.35. The highest BCUT2D eigenvalue weighted by Gasteiger charge is 2.05. The van der Waals surface area contributed by atoms with E-state index in [1.807, 2.05) is 0 Å². The monoisotopic (exact) mass is 198 g/mol.